The average Bonchev–Trinajstić information content (AvgIpc) is 3.05. The highest BCUT2D eigenvalue weighted by Crippen LogP contribution is 2.55. The number of rotatable bonds is 6. The van der Waals surface area contributed by atoms with Gasteiger partial charge in [-0.25, -0.2) is 8.78 Å². The van der Waals surface area contributed by atoms with Crippen LogP contribution in [-0.2, 0) is 16.1 Å². The Kier molecular flexibility index (Phi) is 7.18. The van der Waals surface area contributed by atoms with Gasteiger partial charge in [-0.2, -0.15) is 13.2 Å². The Morgan fingerprint density at radius 3 is 2.50 bits per heavy atom. The van der Waals surface area contributed by atoms with E-state index in [1.165, 1.54) is 31.3 Å². The van der Waals surface area contributed by atoms with Crippen LogP contribution in [0.1, 0.15) is 49.7 Å². The molecule has 1 aliphatic heterocycles. The fourth-order valence-electron chi connectivity index (χ4n) is 4.28. The molecule has 3 rings (SSSR count). The van der Waals surface area contributed by atoms with Crippen molar-refractivity contribution >= 4 is 11.6 Å². The Bertz CT molecular complexity index is 1040. The van der Waals surface area contributed by atoms with Crippen molar-refractivity contribution in [2.75, 3.05) is 12.4 Å². The normalized spacial score (nSPS) is 25.8. The van der Waals surface area contributed by atoms with E-state index < -0.39 is 53.2 Å². The van der Waals surface area contributed by atoms with Crippen LogP contribution in [0.3, 0.4) is 0 Å². The van der Waals surface area contributed by atoms with E-state index in [0.29, 0.717) is 5.69 Å². The Morgan fingerprint density at radius 1 is 1.32 bits per heavy atom. The van der Waals surface area contributed by atoms with Crippen molar-refractivity contribution in [1.82, 2.24) is 4.98 Å². The number of nitrogens with zero attached hydrogens (tertiary/aromatic N) is 1. The number of methoxy groups -OCH3 is 1. The molecule has 1 saturated heterocycles. The van der Waals surface area contributed by atoms with E-state index >= 15 is 0 Å². The van der Waals surface area contributed by atoms with Gasteiger partial charge in [-0.05, 0) is 32.0 Å². The van der Waals surface area contributed by atoms with Gasteiger partial charge in [0.1, 0.15) is 23.8 Å². The van der Waals surface area contributed by atoms with Crippen molar-refractivity contribution in [3.05, 3.63) is 53.1 Å². The van der Waals surface area contributed by atoms with Crippen LogP contribution in [0.15, 0.2) is 30.5 Å². The number of aromatic nitrogens is 1. The number of carbonyl (C=O) groups excluding carboxylic acids is 1. The number of alkyl halides is 4. The van der Waals surface area contributed by atoms with Gasteiger partial charge in [-0.15, -0.1) is 0 Å². The summed E-state index contributed by atoms with van der Waals surface area (Å²) in [7, 11) is 1.15. The number of halogens is 5. The molecule has 0 bridgehead atoms. The van der Waals surface area contributed by atoms with Crippen LogP contribution >= 0.6 is 0 Å². The maximum Gasteiger partial charge on any atom is 0.417 e. The number of aliphatic hydroxyl groups excluding tert-OH is 1. The molecule has 0 aliphatic carbocycles. The summed E-state index contributed by atoms with van der Waals surface area (Å²) < 4.78 is 81.3. The smallest absolute Gasteiger partial charge is 0.417 e. The van der Waals surface area contributed by atoms with Gasteiger partial charge in [0.25, 0.3) is 5.91 Å². The van der Waals surface area contributed by atoms with Gasteiger partial charge in [-0.3, -0.25) is 9.78 Å². The van der Waals surface area contributed by atoms with Gasteiger partial charge >= 0.3 is 6.18 Å². The third kappa shape index (κ3) is 4.46. The number of hydrogen-bond acceptors (Lipinski definition) is 5. The number of nitrogens with one attached hydrogen (secondary N) is 1. The first-order chi connectivity index (χ1) is 15.9. The number of ether oxygens (including phenoxy) is 2. The average molecular weight is 488 g/mol. The summed E-state index contributed by atoms with van der Waals surface area (Å²) in [5.74, 6) is -4.65. The number of anilines is 1. The highest BCUT2D eigenvalue weighted by molar-refractivity contribution is 5.95. The molecule has 2 aromatic rings. The predicted octanol–water partition coefficient (Wildman–Crippen LogP) is 4.83. The van der Waals surface area contributed by atoms with Crippen molar-refractivity contribution in [3.63, 3.8) is 0 Å². The Labute approximate surface area is 193 Å². The highest BCUT2D eigenvalue weighted by atomic mass is 19.4. The van der Waals surface area contributed by atoms with Crippen molar-refractivity contribution in [2.45, 2.75) is 57.3 Å². The molecule has 11 heteroatoms. The van der Waals surface area contributed by atoms with E-state index in [1.807, 2.05) is 0 Å². The first kappa shape index (κ1) is 25.8. The van der Waals surface area contributed by atoms with Crippen molar-refractivity contribution < 1.29 is 41.3 Å². The summed E-state index contributed by atoms with van der Waals surface area (Å²) in [4.78, 5) is 17.0. The maximum absolute atomic E-state index is 14.4. The molecule has 1 aliphatic rings. The van der Waals surface area contributed by atoms with E-state index in [4.69, 9.17) is 14.6 Å². The Morgan fingerprint density at radius 2 is 2.00 bits per heavy atom. The third-order valence-electron chi connectivity index (χ3n) is 6.32. The number of pyridine rings is 1. The van der Waals surface area contributed by atoms with Crippen LogP contribution in [0.4, 0.5) is 27.6 Å². The number of amides is 1. The van der Waals surface area contributed by atoms with E-state index in [9.17, 15) is 26.7 Å². The maximum atomic E-state index is 14.4. The zero-order valence-corrected chi connectivity index (χ0v) is 18.9. The Balaban J connectivity index is 2.10. The van der Waals surface area contributed by atoms with Crippen LogP contribution in [0.25, 0.3) is 0 Å². The van der Waals surface area contributed by atoms with Crippen LogP contribution in [0, 0.1) is 11.7 Å². The summed E-state index contributed by atoms with van der Waals surface area (Å²) in [6.07, 6.45) is -7.08. The molecule has 5 atom stereocenters. The second-order valence-electron chi connectivity index (χ2n) is 8.34. The van der Waals surface area contributed by atoms with Crippen molar-refractivity contribution in [2.24, 2.45) is 5.92 Å². The topological polar surface area (TPSA) is 80.7 Å². The minimum atomic E-state index is -4.84. The molecule has 0 radical (unpaired) electrons. The SMILES string of the molecule is COc1c([C@H]2[C@H](C(=O)Nc3ccc(CO)nc3)O[C@@](C)(C(F)(F)F)[C@H]2C)ccc(F)c1C(C)F. The molecule has 186 valence electrons. The third-order valence-corrected chi connectivity index (χ3v) is 6.32. The molecule has 1 amide bonds. The lowest BCUT2D eigenvalue weighted by Crippen LogP contribution is -2.47. The summed E-state index contributed by atoms with van der Waals surface area (Å²) >= 11 is 0. The van der Waals surface area contributed by atoms with Crippen LogP contribution in [-0.4, -0.2) is 41.0 Å². The molecule has 0 saturated carbocycles. The minimum Gasteiger partial charge on any atom is -0.496 e. The number of aliphatic hydroxyl groups is 1. The molecule has 2 heterocycles. The first-order valence-corrected chi connectivity index (χ1v) is 10.5. The molecule has 1 aromatic heterocycles. The molecule has 1 fully saturated rings. The summed E-state index contributed by atoms with van der Waals surface area (Å²) in [5, 5.41) is 11.6. The fourth-order valence-corrected chi connectivity index (χ4v) is 4.28. The lowest BCUT2D eigenvalue weighted by molar-refractivity contribution is -0.272. The lowest BCUT2D eigenvalue weighted by Gasteiger charge is -2.32. The molecule has 0 spiro atoms. The van der Waals surface area contributed by atoms with Gasteiger partial charge in [0, 0.05) is 17.4 Å². The first-order valence-electron chi connectivity index (χ1n) is 10.5. The van der Waals surface area contributed by atoms with E-state index in [-0.39, 0.29) is 23.6 Å². The summed E-state index contributed by atoms with van der Waals surface area (Å²) in [6, 6.07) is 4.98. The van der Waals surface area contributed by atoms with Gasteiger partial charge in [-0.1, -0.05) is 13.0 Å². The lowest BCUT2D eigenvalue weighted by atomic mass is 9.76. The number of carbonyl (C=O) groups is 1. The number of benzene rings is 1. The number of hydrogen-bond donors (Lipinski definition) is 2. The van der Waals surface area contributed by atoms with E-state index in [1.54, 1.807) is 0 Å². The van der Waals surface area contributed by atoms with Gasteiger partial charge in [0.15, 0.2) is 5.60 Å². The zero-order chi connectivity index (χ0) is 25.4. The largest absolute Gasteiger partial charge is 0.496 e. The Hall–Kier alpha value is -2.79. The molecule has 6 nitrogen and oxygen atoms in total. The van der Waals surface area contributed by atoms with Crippen LogP contribution in [0.5, 0.6) is 5.75 Å². The monoisotopic (exact) mass is 488 g/mol. The summed E-state index contributed by atoms with van der Waals surface area (Å²) in [5.41, 5.74) is -2.65. The van der Waals surface area contributed by atoms with Crippen molar-refractivity contribution in [3.8, 4) is 5.75 Å². The zero-order valence-electron chi connectivity index (χ0n) is 18.9. The second kappa shape index (κ2) is 9.46. The predicted molar refractivity (Wildman–Crippen MR) is 113 cm³/mol. The molecule has 1 unspecified atom stereocenters. The fraction of sp³-hybridized carbons (Fsp3) is 0.478. The molecular formula is C23H25F5N2O4. The molecule has 1 aromatic carbocycles. The standard InChI is InChI=1S/C23H25F5N2O4/c1-11-17(15-7-8-16(25)18(12(2)24)19(15)33-4)20(34-22(11,3)23(26,27)28)21(32)30-13-5-6-14(10-31)29-9-13/h5-9,11-12,17,20,31H,10H2,1-4H3,(H,30,32)/t11-,12?,17-,20+,22+/m0/s1. The van der Waals surface area contributed by atoms with Crippen LogP contribution < -0.4 is 10.1 Å². The van der Waals surface area contributed by atoms with Crippen LogP contribution in [0.2, 0.25) is 0 Å². The van der Waals surface area contributed by atoms with Gasteiger partial charge in [0.05, 0.1) is 36.9 Å². The second-order valence-corrected chi connectivity index (χ2v) is 8.34. The quantitative estimate of drug-likeness (QED) is 0.570. The van der Waals surface area contributed by atoms with E-state index in [0.717, 1.165) is 27.0 Å². The van der Waals surface area contributed by atoms with E-state index in [2.05, 4.69) is 10.3 Å². The molecule has 2 N–H and O–H groups in total. The highest BCUT2D eigenvalue weighted by Gasteiger charge is 2.65. The van der Waals surface area contributed by atoms with Gasteiger partial charge < -0.3 is 19.9 Å². The summed E-state index contributed by atoms with van der Waals surface area (Å²) in [6.45, 7) is 2.85. The minimum absolute atomic E-state index is 0.0257. The van der Waals surface area contributed by atoms with Gasteiger partial charge in [0.2, 0.25) is 0 Å². The molecular weight excluding hydrogens is 463 g/mol. The van der Waals surface area contributed by atoms with Crippen molar-refractivity contribution in [1.29, 1.82) is 0 Å². The molecule has 34 heavy (non-hydrogen) atoms.